The van der Waals surface area contributed by atoms with Crippen LogP contribution in [0, 0.1) is 0 Å². The molecule has 72 valence electrons. The van der Waals surface area contributed by atoms with Gasteiger partial charge in [-0.3, -0.25) is 0 Å². The highest BCUT2D eigenvalue weighted by Crippen LogP contribution is 2.13. The molecule has 0 saturated heterocycles. The summed E-state index contributed by atoms with van der Waals surface area (Å²) in [4.78, 5) is 14.8. The summed E-state index contributed by atoms with van der Waals surface area (Å²) < 4.78 is 5.10. The van der Waals surface area contributed by atoms with Crippen LogP contribution >= 0.6 is 0 Å². The van der Waals surface area contributed by atoms with Gasteiger partial charge in [-0.15, -0.1) is 0 Å². The van der Waals surface area contributed by atoms with E-state index in [0.29, 0.717) is 24.4 Å². The van der Waals surface area contributed by atoms with Crippen molar-refractivity contribution in [2.24, 2.45) is 0 Å². The molecule has 0 saturated carbocycles. The van der Waals surface area contributed by atoms with Crippen LogP contribution in [0.25, 0.3) is 0 Å². The van der Waals surface area contributed by atoms with Gasteiger partial charge in [0.1, 0.15) is 0 Å². The number of aryl methyl sites for hydroxylation is 2. The minimum absolute atomic E-state index is 0.00838. The van der Waals surface area contributed by atoms with Crippen LogP contribution in [0.5, 0.6) is 0 Å². The first-order valence-corrected chi connectivity index (χ1v) is 4.40. The molecule has 0 aliphatic heterocycles. The van der Waals surface area contributed by atoms with Gasteiger partial charge in [-0.1, -0.05) is 13.8 Å². The SMILES string of the molecule is CCCc1nc(CC)c(C(=O)O)o1. The van der Waals surface area contributed by atoms with Crippen LogP contribution in [0.15, 0.2) is 4.42 Å². The second-order valence-corrected chi connectivity index (χ2v) is 2.79. The number of aromatic nitrogens is 1. The Morgan fingerprint density at radius 3 is 2.62 bits per heavy atom. The molecular weight excluding hydrogens is 170 g/mol. The standard InChI is InChI=1S/C9H13NO3/c1-3-5-7-10-6(4-2)8(13-7)9(11)12/h3-5H2,1-2H3,(H,11,12). The molecule has 0 fully saturated rings. The molecule has 1 N–H and O–H groups in total. The lowest BCUT2D eigenvalue weighted by Gasteiger charge is -1.88. The van der Waals surface area contributed by atoms with Crippen molar-refractivity contribution >= 4 is 5.97 Å². The molecule has 1 aromatic rings. The Hall–Kier alpha value is -1.32. The van der Waals surface area contributed by atoms with E-state index in [1.165, 1.54) is 0 Å². The lowest BCUT2D eigenvalue weighted by molar-refractivity contribution is 0.0659. The normalized spacial score (nSPS) is 10.3. The lowest BCUT2D eigenvalue weighted by atomic mass is 10.3. The van der Waals surface area contributed by atoms with Gasteiger partial charge in [-0.2, -0.15) is 0 Å². The van der Waals surface area contributed by atoms with Gasteiger partial charge in [0.2, 0.25) is 5.76 Å². The number of nitrogens with zero attached hydrogens (tertiary/aromatic N) is 1. The van der Waals surface area contributed by atoms with Crippen molar-refractivity contribution in [2.45, 2.75) is 33.1 Å². The molecule has 1 rings (SSSR count). The number of carbonyl (C=O) groups is 1. The zero-order chi connectivity index (χ0) is 9.84. The first-order chi connectivity index (χ1) is 6.19. The number of carboxylic acid groups (broad SMARTS) is 1. The summed E-state index contributed by atoms with van der Waals surface area (Å²) in [5, 5.41) is 8.74. The molecule has 0 aromatic carbocycles. The van der Waals surface area contributed by atoms with E-state index < -0.39 is 5.97 Å². The third-order valence-corrected chi connectivity index (χ3v) is 1.73. The number of carboxylic acids is 1. The van der Waals surface area contributed by atoms with Gasteiger partial charge < -0.3 is 9.52 Å². The molecule has 4 nitrogen and oxygen atoms in total. The Balaban J connectivity index is 2.97. The summed E-state index contributed by atoms with van der Waals surface area (Å²) in [6.45, 7) is 3.86. The number of rotatable bonds is 4. The summed E-state index contributed by atoms with van der Waals surface area (Å²) in [6.07, 6.45) is 2.19. The van der Waals surface area contributed by atoms with E-state index in [2.05, 4.69) is 4.98 Å². The fraction of sp³-hybridized carbons (Fsp3) is 0.556. The van der Waals surface area contributed by atoms with Gasteiger partial charge in [-0.05, 0) is 12.8 Å². The van der Waals surface area contributed by atoms with Crippen molar-refractivity contribution in [2.75, 3.05) is 0 Å². The fourth-order valence-electron chi connectivity index (χ4n) is 1.13. The minimum Gasteiger partial charge on any atom is -0.475 e. The number of hydrogen-bond acceptors (Lipinski definition) is 3. The Labute approximate surface area is 76.6 Å². The van der Waals surface area contributed by atoms with Crippen LogP contribution in [-0.2, 0) is 12.8 Å². The second kappa shape index (κ2) is 4.07. The molecule has 1 aromatic heterocycles. The van der Waals surface area contributed by atoms with Gasteiger partial charge >= 0.3 is 5.97 Å². The van der Waals surface area contributed by atoms with Crippen molar-refractivity contribution in [1.29, 1.82) is 0 Å². The molecule has 4 heteroatoms. The van der Waals surface area contributed by atoms with Crippen molar-refractivity contribution in [3.8, 4) is 0 Å². The molecule has 0 bridgehead atoms. The molecule has 0 radical (unpaired) electrons. The van der Waals surface area contributed by atoms with Crippen molar-refractivity contribution < 1.29 is 14.3 Å². The quantitative estimate of drug-likeness (QED) is 0.774. The smallest absolute Gasteiger partial charge is 0.373 e. The predicted molar refractivity (Wildman–Crippen MR) is 46.8 cm³/mol. The Bertz CT molecular complexity index is 304. The van der Waals surface area contributed by atoms with E-state index in [9.17, 15) is 4.79 Å². The average Bonchev–Trinajstić information content (AvgIpc) is 2.48. The summed E-state index contributed by atoms with van der Waals surface area (Å²) in [5.41, 5.74) is 0.538. The van der Waals surface area contributed by atoms with E-state index in [4.69, 9.17) is 9.52 Å². The van der Waals surface area contributed by atoms with Crippen LogP contribution in [0.3, 0.4) is 0 Å². The van der Waals surface area contributed by atoms with Gasteiger partial charge in [0.15, 0.2) is 5.89 Å². The van der Waals surface area contributed by atoms with Crippen LogP contribution in [0.1, 0.15) is 42.4 Å². The van der Waals surface area contributed by atoms with Gasteiger partial charge in [0.25, 0.3) is 0 Å². The van der Waals surface area contributed by atoms with Crippen LogP contribution in [-0.4, -0.2) is 16.1 Å². The molecule has 0 amide bonds. The highest BCUT2D eigenvalue weighted by molar-refractivity contribution is 5.85. The number of oxazole rings is 1. The second-order valence-electron chi connectivity index (χ2n) is 2.79. The Morgan fingerprint density at radius 1 is 1.54 bits per heavy atom. The fourth-order valence-corrected chi connectivity index (χ4v) is 1.13. The Kier molecular flexibility index (Phi) is 3.06. The lowest BCUT2D eigenvalue weighted by Crippen LogP contribution is -1.98. The third-order valence-electron chi connectivity index (χ3n) is 1.73. The summed E-state index contributed by atoms with van der Waals surface area (Å²) in [5.74, 6) is -0.519. The van der Waals surface area contributed by atoms with Gasteiger partial charge in [-0.25, -0.2) is 9.78 Å². The van der Waals surface area contributed by atoms with E-state index >= 15 is 0 Å². The maximum Gasteiger partial charge on any atom is 0.373 e. The Morgan fingerprint density at radius 2 is 2.23 bits per heavy atom. The first kappa shape index (κ1) is 9.77. The molecule has 0 unspecified atom stereocenters. The monoisotopic (exact) mass is 183 g/mol. The zero-order valence-corrected chi connectivity index (χ0v) is 7.83. The molecule has 13 heavy (non-hydrogen) atoms. The summed E-state index contributed by atoms with van der Waals surface area (Å²) in [7, 11) is 0. The van der Waals surface area contributed by atoms with E-state index in [1.54, 1.807) is 0 Å². The van der Waals surface area contributed by atoms with Crippen molar-refractivity contribution in [3.05, 3.63) is 17.3 Å². The first-order valence-electron chi connectivity index (χ1n) is 4.40. The largest absolute Gasteiger partial charge is 0.475 e. The van der Waals surface area contributed by atoms with E-state index in [-0.39, 0.29) is 5.76 Å². The minimum atomic E-state index is -1.04. The molecule has 1 heterocycles. The highest BCUT2D eigenvalue weighted by Gasteiger charge is 2.17. The van der Waals surface area contributed by atoms with Crippen molar-refractivity contribution in [1.82, 2.24) is 4.98 Å². The van der Waals surface area contributed by atoms with Crippen LogP contribution in [0.4, 0.5) is 0 Å². The van der Waals surface area contributed by atoms with Crippen LogP contribution in [0.2, 0.25) is 0 Å². The van der Waals surface area contributed by atoms with Crippen molar-refractivity contribution in [3.63, 3.8) is 0 Å². The van der Waals surface area contributed by atoms with Crippen LogP contribution < -0.4 is 0 Å². The topological polar surface area (TPSA) is 63.3 Å². The average molecular weight is 183 g/mol. The molecule has 0 spiro atoms. The molecular formula is C9H13NO3. The van der Waals surface area contributed by atoms with E-state index in [0.717, 1.165) is 6.42 Å². The summed E-state index contributed by atoms with van der Waals surface area (Å²) in [6, 6.07) is 0. The zero-order valence-electron chi connectivity index (χ0n) is 7.83. The molecule has 0 atom stereocenters. The van der Waals surface area contributed by atoms with Gasteiger partial charge in [0.05, 0.1) is 5.69 Å². The number of hydrogen-bond donors (Lipinski definition) is 1. The maximum absolute atomic E-state index is 10.7. The highest BCUT2D eigenvalue weighted by atomic mass is 16.4. The third kappa shape index (κ3) is 2.08. The van der Waals surface area contributed by atoms with Gasteiger partial charge in [0, 0.05) is 6.42 Å². The molecule has 0 aliphatic carbocycles. The predicted octanol–water partition coefficient (Wildman–Crippen LogP) is 1.89. The van der Waals surface area contributed by atoms with E-state index in [1.807, 2.05) is 13.8 Å². The maximum atomic E-state index is 10.7. The molecule has 0 aliphatic rings. The summed E-state index contributed by atoms with van der Waals surface area (Å²) >= 11 is 0. The number of aromatic carboxylic acids is 1.